The smallest absolute Gasteiger partial charge is 0.415 e. The van der Waals surface area contributed by atoms with E-state index >= 15 is 0 Å². The van der Waals surface area contributed by atoms with Crippen LogP contribution in [-0.4, -0.2) is 54.5 Å². The molecule has 186 valence electrons. The molecule has 2 aromatic carbocycles. The van der Waals surface area contributed by atoms with Gasteiger partial charge in [-0.1, -0.05) is 43.7 Å². The number of rotatable bonds is 14. The summed E-state index contributed by atoms with van der Waals surface area (Å²) in [7, 11) is 0. The Balaban J connectivity index is 1.90. The number of nitrogens with zero attached hydrogens (tertiary/aromatic N) is 1. The Bertz CT molecular complexity index is 879. The average Bonchev–Trinajstić information content (AvgIpc) is 2.80. The van der Waals surface area contributed by atoms with E-state index in [0.717, 1.165) is 24.0 Å². The predicted octanol–water partition coefficient (Wildman–Crippen LogP) is 5.34. The molecule has 1 amide bonds. The maximum Gasteiger partial charge on any atom is 0.415 e. The topological polar surface area (TPSA) is 85.3 Å². The summed E-state index contributed by atoms with van der Waals surface area (Å²) in [6, 6.07) is 14.7. The first-order valence-electron chi connectivity index (χ1n) is 11.9. The van der Waals surface area contributed by atoms with E-state index in [0.29, 0.717) is 43.7 Å². The summed E-state index contributed by atoms with van der Waals surface area (Å²) in [5.41, 5.74) is 1.95. The average molecular weight is 472 g/mol. The van der Waals surface area contributed by atoms with Crippen molar-refractivity contribution in [1.29, 1.82) is 0 Å². The fourth-order valence-corrected chi connectivity index (χ4v) is 3.38. The lowest BCUT2D eigenvalue weighted by atomic mass is 10.1. The van der Waals surface area contributed by atoms with Crippen LogP contribution in [0.25, 0.3) is 0 Å². The highest BCUT2D eigenvalue weighted by Crippen LogP contribution is 2.16. The maximum absolute atomic E-state index is 12.8. The SMILES string of the molecule is CCOC(Cc1ccc(OCCN(CCCC(C)C)C(=O)Oc2ccc(C)cc2)cc1)C(=O)O. The van der Waals surface area contributed by atoms with Gasteiger partial charge in [0.2, 0.25) is 0 Å². The zero-order valence-corrected chi connectivity index (χ0v) is 20.7. The van der Waals surface area contributed by atoms with Gasteiger partial charge in [0.15, 0.2) is 6.10 Å². The minimum atomic E-state index is -0.975. The predicted molar refractivity (Wildman–Crippen MR) is 132 cm³/mol. The molecule has 1 N–H and O–H groups in total. The fraction of sp³-hybridized carbons (Fsp3) is 0.481. The summed E-state index contributed by atoms with van der Waals surface area (Å²) in [6.45, 7) is 9.74. The first-order valence-corrected chi connectivity index (χ1v) is 11.9. The molecule has 0 aliphatic carbocycles. The minimum Gasteiger partial charge on any atom is -0.492 e. The lowest BCUT2D eigenvalue weighted by Crippen LogP contribution is -2.37. The number of carbonyl (C=O) groups is 2. The van der Waals surface area contributed by atoms with Crippen molar-refractivity contribution in [3.05, 3.63) is 59.7 Å². The third-order valence-electron chi connectivity index (χ3n) is 5.31. The molecular weight excluding hydrogens is 434 g/mol. The third kappa shape index (κ3) is 9.83. The van der Waals surface area contributed by atoms with Gasteiger partial charge in [-0.05, 0) is 62.4 Å². The Labute approximate surface area is 202 Å². The van der Waals surface area contributed by atoms with E-state index in [2.05, 4.69) is 13.8 Å². The summed E-state index contributed by atoms with van der Waals surface area (Å²) < 4.78 is 16.7. The van der Waals surface area contributed by atoms with Gasteiger partial charge in [-0.2, -0.15) is 0 Å². The Hall–Kier alpha value is -3.06. The molecule has 0 aromatic heterocycles. The normalized spacial score (nSPS) is 11.8. The van der Waals surface area contributed by atoms with E-state index in [4.69, 9.17) is 14.2 Å². The van der Waals surface area contributed by atoms with Gasteiger partial charge < -0.3 is 24.2 Å². The molecule has 0 bridgehead atoms. The molecule has 0 saturated heterocycles. The number of amides is 1. The van der Waals surface area contributed by atoms with Crippen molar-refractivity contribution in [2.24, 2.45) is 5.92 Å². The fourth-order valence-electron chi connectivity index (χ4n) is 3.38. The molecule has 2 aromatic rings. The Kier molecular flexibility index (Phi) is 11.4. The number of aliphatic carboxylic acids is 1. The van der Waals surface area contributed by atoms with E-state index in [1.807, 2.05) is 31.2 Å². The molecule has 0 fully saturated rings. The molecule has 2 rings (SSSR count). The van der Waals surface area contributed by atoms with E-state index in [1.54, 1.807) is 36.1 Å². The lowest BCUT2D eigenvalue weighted by molar-refractivity contribution is -0.149. The number of carboxylic acid groups (broad SMARTS) is 1. The van der Waals surface area contributed by atoms with E-state index in [-0.39, 0.29) is 12.5 Å². The van der Waals surface area contributed by atoms with Gasteiger partial charge in [0.25, 0.3) is 0 Å². The molecule has 0 aliphatic rings. The summed E-state index contributed by atoms with van der Waals surface area (Å²) in [5.74, 6) is 0.763. The zero-order valence-electron chi connectivity index (χ0n) is 20.7. The largest absolute Gasteiger partial charge is 0.492 e. The molecule has 0 aliphatic heterocycles. The van der Waals surface area contributed by atoms with Crippen molar-refractivity contribution in [3.8, 4) is 11.5 Å². The number of hydrogen-bond donors (Lipinski definition) is 1. The molecule has 0 saturated carbocycles. The molecule has 1 unspecified atom stereocenters. The maximum atomic E-state index is 12.8. The minimum absolute atomic E-state index is 0.290. The number of carbonyl (C=O) groups excluding carboxylic acids is 1. The highest BCUT2D eigenvalue weighted by atomic mass is 16.6. The van der Waals surface area contributed by atoms with Gasteiger partial charge in [0.1, 0.15) is 18.1 Å². The molecule has 7 nitrogen and oxygen atoms in total. The summed E-state index contributed by atoms with van der Waals surface area (Å²) in [6.07, 6.45) is 0.950. The molecule has 0 radical (unpaired) electrons. The molecule has 0 spiro atoms. The van der Waals surface area contributed by atoms with Crippen LogP contribution in [0.15, 0.2) is 48.5 Å². The first-order chi connectivity index (χ1) is 16.3. The van der Waals surface area contributed by atoms with Gasteiger partial charge in [0, 0.05) is 19.6 Å². The van der Waals surface area contributed by atoms with Crippen LogP contribution in [0.2, 0.25) is 0 Å². The van der Waals surface area contributed by atoms with Crippen molar-refractivity contribution < 1.29 is 28.9 Å². The van der Waals surface area contributed by atoms with Crippen molar-refractivity contribution in [1.82, 2.24) is 4.90 Å². The Morgan fingerprint density at radius 2 is 1.62 bits per heavy atom. The van der Waals surface area contributed by atoms with Crippen LogP contribution >= 0.6 is 0 Å². The van der Waals surface area contributed by atoms with Gasteiger partial charge in [-0.25, -0.2) is 9.59 Å². The summed E-state index contributed by atoms with van der Waals surface area (Å²) in [4.78, 5) is 25.7. The third-order valence-corrected chi connectivity index (χ3v) is 5.31. The molecule has 0 heterocycles. The summed E-state index contributed by atoms with van der Waals surface area (Å²) >= 11 is 0. The highest BCUT2D eigenvalue weighted by molar-refractivity contribution is 5.72. The van der Waals surface area contributed by atoms with Crippen LogP contribution in [-0.2, 0) is 16.0 Å². The highest BCUT2D eigenvalue weighted by Gasteiger charge is 2.18. The van der Waals surface area contributed by atoms with Crippen LogP contribution in [0.3, 0.4) is 0 Å². The van der Waals surface area contributed by atoms with Crippen molar-refractivity contribution >= 4 is 12.1 Å². The quantitative estimate of drug-likeness (QED) is 0.400. The van der Waals surface area contributed by atoms with E-state index in [9.17, 15) is 14.7 Å². The van der Waals surface area contributed by atoms with Gasteiger partial charge in [-0.15, -0.1) is 0 Å². The van der Waals surface area contributed by atoms with Crippen molar-refractivity contribution in [2.75, 3.05) is 26.3 Å². The monoisotopic (exact) mass is 471 g/mol. The van der Waals surface area contributed by atoms with Gasteiger partial charge >= 0.3 is 12.1 Å². The molecule has 34 heavy (non-hydrogen) atoms. The number of aryl methyl sites for hydroxylation is 1. The van der Waals surface area contributed by atoms with Crippen LogP contribution in [0.4, 0.5) is 4.79 Å². The van der Waals surface area contributed by atoms with Crippen LogP contribution in [0.5, 0.6) is 11.5 Å². The van der Waals surface area contributed by atoms with Crippen LogP contribution in [0, 0.1) is 12.8 Å². The molecular formula is C27H37NO6. The molecule has 7 heteroatoms. The first kappa shape index (κ1) is 27.2. The lowest BCUT2D eigenvalue weighted by Gasteiger charge is -2.22. The molecule has 1 atom stereocenters. The summed E-state index contributed by atoms with van der Waals surface area (Å²) in [5, 5.41) is 9.24. The number of carboxylic acids is 1. The van der Waals surface area contributed by atoms with Crippen LogP contribution in [0.1, 0.15) is 44.7 Å². The number of ether oxygens (including phenoxy) is 3. The Morgan fingerprint density at radius 1 is 0.971 bits per heavy atom. The van der Waals surface area contributed by atoms with Gasteiger partial charge in [-0.3, -0.25) is 0 Å². The van der Waals surface area contributed by atoms with Crippen LogP contribution < -0.4 is 9.47 Å². The van der Waals surface area contributed by atoms with E-state index in [1.165, 1.54) is 0 Å². The second-order valence-electron chi connectivity index (χ2n) is 8.68. The number of hydrogen-bond acceptors (Lipinski definition) is 5. The van der Waals surface area contributed by atoms with Crippen molar-refractivity contribution in [3.63, 3.8) is 0 Å². The Morgan fingerprint density at radius 3 is 2.21 bits per heavy atom. The second kappa shape index (κ2) is 14.3. The zero-order chi connectivity index (χ0) is 24.9. The van der Waals surface area contributed by atoms with E-state index < -0.39 is 12.1 Å². The number of benzene rings is 2. The second-order valence-corrected chi connectivity index (χ2v) is 8.68. The van der Waals surface area contributed by atoms with Crippen molar-refractivity contribution in [2.45, 2.75) is 53.1 Å². The standard InChI is InChI=1S/C27H37NO6/c1-5-32-25(26(29)30)19-22-10-14-23(15-11-22)33-18-17-28(16-6-7-20(2)3)27(31)34-24-12-8-21(4)9-13-24/h8-15,20,25H,5-7,16-19H2,1-4H3,(H,29,30). The van der Waals surface area contributed by atoms with Gasteiger partial charge in [0.05, 0.1) is 6.54 Å².